The monoisotopic (exact) mass is 320 g/mol. The summed E-state index contributed by atoms with van der Waals surface area (Å²) in [5.41, 5.74) is 1.34. The van der Waals surface area contributed by atoms with Crippen LogP contribution < -0.4 is 5.32 Å². The third-order valence-corrected chi connectivity index (χ3v) is 3.57. The summed E-state index contributed by atoms with van der Waals surface area (Å²) < 4.78 is 0. The van der Waals surface area contributed by atoms with Crippen LogP contribution in [-0.4, -0.2) is 67.4 Å². The van der Waals surface area contributed by atoms with Gasteiger partial charge in [0.15, 0.2) is 0 Å². The number of carbonyl (C=O) groups excluding carboxylic acids is 1. The van der Waals surface area contributed by atoms with Gasteiger partial charge in [-0.25, -0.2) is 0 Å². The van der Waals surface area contributed by atoms with Gasteiger partial charge < -0.3 is 20.3 Å². The van der Waals surface area contributed by atoms with Crippen LogP contribution in [0, 0.1) is 0 Å². The summed E-state index contributed by atoms with van der Waals surface area (Å²) in [7, 11) is 4.24. The largest absolute Gasteiger partial charge is 0.411 e. The Labute approximate surface area is 138 Å². The highest BCUT2D eigenvalue weighted by Gasteiger charge is 2.03. The van der Waals surface area contributed by atoms with Gasteiger partial charge in [-0.3, -0.25) is 4.79 Å². The molecule has 1 amide bonds. The zero-order valence-electron chi connectivity index (χ0n) is 14.1. The number of rotatable bonds is 11. The Balaban J connectivity index is 2.05. The minimum atomic E-state index is -0.363. The first-order valence-electron chi connectivity index (χ1n) is 7.98. The third-order valence-electron chi connectivity index (χ3n) is 3.57. The number of carbonyl (C=O) groups is 1. The summed E-state index contributed by atoms with van der Waals surface area (Å²) >= 11 is 0. The van der Waals surface area contributed by atoms with Gasteiger partial charge in [0, 0.05) is 13.1 Å². The molecule has 0 bridgehead atoms. The van der Waals surface area contributed by atoms with Crippen molar-refractivity contribution >= 4 is 12.1 Å². The van der Waals surface area contributed by atoms with E-state index in [9.17, 15) is 4.79 Å². The maximum Gasteiger partial charge on any atom is 0.265 e. The molecular formula is C17H28N4O2. The van der Waals surface area contributed by atoms with Gasteiger partial charge in [0.1, 0.15) is 6.21 Å². The van der Waals surface area contributed by atoms with Crippen molar-refractivity contribution in [3.05, 3.63) is 35.9 Å². The molecule has 128 valence electrons. The number of nitrogens with zero attached hydrogens (tertiary/aromatic N) is 3. The van der Waals surface area contributed by atoms with Crippen LogP contribution in [0.3, 0.4) is 0 Å². The van der Waals surface area contributed by atoms with Gasteiger partial charge in [0.05, 0.1) is 0 Å². The summed E-state index contributed by atoms with van der Waals surface area (Å²) in [6.07, 6.45) is 2.86. The Morgan fingerprint density at radius 3 is 2.48 bits per heavy atom. The first-order valence-corrected chi connectivity index (χ1v) is 7.98. The predicted molar refractivity (Wildman–Crippen MR) is 92.8 cm³/mol. The molecule has 1 aromatic rings. The lowest BCUT2D eigenvalue weighted by atomic mass is 10.2. The first kappa shape index (κ1) is 19.1. The summed E-state index contributed by atoms with van der Waals surface area (Å²) in [6.45, 7) is 4.58. The van der Waals surface area contributed by atoms with E-state index in [1.807, 2.05) is 6.07 Å². The van der Waals surface area contributed by atoms with Gasteiger partial charge in [0.25, 0.3) is 5.91 Å². The number of oxime groups is 1. The van der Waals surface area contributed by atoms with Crippen LogP contribution in [0.25, 0.3) is 0 Å². The van der Waals surface area contributed by atoms with Gasteiger partial charge in [0.2, 0.25) is 0 Å². The van der Waals surface area contributed by atoms with Gasteiger partial charge in [-0.15, -0.1) is 0 Å². The summed E-state index contributed by atoms with van der Waals surface area (Å²) in [5, 5.41) is 13.6. The average Bonchev–Trinajstić information content (AvgIpc) is 2.53. The van der Waals surface area contributed by atoms with Crippen LogP contribution in [0.5, 0.6) is 0 Å². The van der Waals surface area contributed by atoms with Crippen LogP contribution in [0.4, 0.5) is 0 Å². The Morgan fingerprint density at radius 2 is 1.78 bits per heavy atom. The Hall–Kier alpha value is -1.92. The Kier molecular flexibility index (Phi) is 9.66. The van der Waals surface area contributed by atoms with Gasteiger partial charge in [-0.1, -0.05) is 35.5 Å². The second-order valence-electron chi connectivity index (χ2n) is 5.77. The molecule has 2 N–H and O–H groups in total. The fourth-order valence-electron chi connectivity index (χ4n) is 2.36. The van der Waals surface area contributed by atoms with Crippen molar-refractivity contribution in [1.29, 1.82) is 0 Å². The molecule has 23 heavy (non-hydrogen) atoms. The third kappa shape index (κ3) is 9.65. The summed E-state index contributed by atoms with van der Waals surface area (Å²) in [5.74, 6) is -0.363. The van der Waals surface area contributed by atoms with E-state index in [1.54, 1.807) is 0 Å². The molecule has 6 nitrogen and oxygen atoms in total. The molecule has 0 aliphatic rings. The van der Waals surface area contributed by atoms with Crippen LogP contribution in [-0.2, 0) is 11.3 Å². The van der Waals surface area contributed by atoms with Crippen LogP contribution >= 0.6 is 0 Å². The predicted octanol–water partition coefficient (Wildman–Crippen LogP) is 1.41. The van der Waals surface area contributed by atoms with E-state index in [4.69, 9.17) is 5.21 Å². The van der Waals surface area contributed by atoms with Crippen LogP contribution in [0.1, 0.15) is 18.4 Å². The molecule has 0 atom stereocenters. The number of amides is 1. The molecule has 0 aliphatic carbocycles. The Bertz CT molecular complexity index is 465. The molecule has 0 saturated carbocycles. The van der Waals surface area contributed by atoms with Crippen molar-refractivity contribution in [3.8, 4) is 0 Å². The van der Waals surface area contributed by atoms with Crippen LogP contribution in [0.15, 0.2) is 35.5 Å². The molecule has 0 heterocycles. The molecule has 0 spiro atoms. The average molecular weight is 320 g/mol. The highest BCUT2D eigenvalue weighted by atomic mass is 16.4. The minimum absolute atomic E-state index is 0.363. The van der Waals surface area contributed by atoms with E-state index in [0.717, 1.165) is 45.2 Å². The second kappa shape index (κ2) is 11.6. The standard InChI is InChI=1S/C17H28N4O2/c1-20(11-6-10-18-17(22)14-19-23)12-7-13-21(2)15-16-8-4-3-5-9-16/h3-5,8-9,14,23H,6-7,10-13,15H2,1-2H3,(H,18,22)/b19-14-. The maximum atomic E-state index is 11.0. The van der Waals surface area contributed by atoms with E-state index in [1.165, 1.54) is 5.56 Å². The van der Waals surface area contributed by atoms with Gasteiger partial charge >= 0.3 is 0 Å². The van der Waals surface area contributed by atoms with E-state index < -0.39 is 0 Å². The van der Waals surface area contributed by atoms with Crippen molar-refractivity contribution in [1.82, 2.24) is 15.1 Å². The fraction of sp³-hybridized carbons (Fsp3) is 0.529. The lowest BCUT2D eigenvalue weighted by Gasteiger charge is -2.20. The second-order valence-corrected chi connectivity index (χ2v) is 5.77. The molecule has 0 fully saturated rings. The zero-order valence-corrected chi connectivity index (χ0v) is 14.1. The molecule has 1 aromatic carbocycles. The molecule has 0 saturated heterocycles. The Morgan fingerprint density at radius 1 is 1.13 bits per heavy atom. The van der Waals surface area contributed by atoms with Crippen molar-refractivity contribution in [3.63, 3.8) is 0 Å². The van der Waals surface area contributed by atoms with Crippen molar-refractivity contribution < 1.29 is 10.0 Å². The topological polar surface area (TPSA) is 68.2 Å². The minimum Gasteiger partial charge on any atom is -0.411 e. The van der Waals surface area contributed by atoms with E-state index in [-0.39, 0.29) is 5.91 Å². The lowest BCUT2D eigenvalue weighted by molar-refractivity contribution is -0.114. The smallest absolute Gasteiger partial charge is 0.265 e. The zero-order chi connectivity index (χ0) is 16.9. The maximum absolute atomic E-state index is 11.0. The molecule has 0 aromatic heterocycles. The number of hydrogen-bond donors (Lipinski definition) is 2. The quantitative estimate of drug-likeness (QED) is 0.280. The highest BCUT2D eigenvalue weighted by Crippen LogP contribution is 2.03. The van der Waals surface area contributed by atoms with E-state index >= 15 is 0 Å². The number of hydrogen-bond acceptors (Lipinski definition) is 5. The molecule has 6 heteroatoms. The molecule has 0 radical (unpaired) electrons. The van der Waals surface area contributed by atoms with Gasteiger partial charge in [-0.2, -0.15) is 0 Å². The molecule has 0 unspecified atom stereocenters. The fourth-order valence-corrected chi connectivity index (χ4v) is 2.36. The molecule has 1 rings (SSSR count). The highest BCUT2D eigenvalue weighted by molar-refractivity contribution is 6.25. The van der Waals surface area contributed by atoms with Crippen LogP contribution in [0.2, 0.25) is 0 Å². The van der Waals surface area contributed by atoms with Crippen molar-refractivity contribution in [2.24, 2.45) is 5.16 Å². The van der Waals surface area contributed by atoms with Crippen molar-refractivity contribution in [2.45, 2.75) is 19.4 Å². The molecular weight excluding hydrogens is 292 g/mol. The van der Waals surface area contributed by atoms with Crippen molar-refractivity contribution in [2.75, 3.05) is 40.3 Å². The summed E-state index contributed by atoms with van der Waals surface area (Å²) in [6, 6.07) is 10.5. The molecule has 0 aliphatic heterocycles. The normalized spacial score (nSPS) is 11.5. The van der Waals surface area contributed by atoms with E-state index in [0.29, 0.717) is 6.54 Å². The van der Waals surface area contributed by atoms with Gasteiger partial charge in [-0.05, 0) is 52.1 Å². The first-order chi connectivity index (χ1) is 11.1. The lowest BCUT2D eigenvalue weighted by Crippen LogP contribution is -2.30. The number of nitrogens with one attached hydrogen (secondary N) is 1. The number of benzene rings is 1. The van der Waals surface area contributed by atoms with E-state index in [2.05, 4.69) is 58.6 Å². The SMILES string of the molecule is CN(CCCNC(=O)/C=N\O)CCCN(C)Cc1ccccc1. The summed E-state index contributed by atoms with van der Waals surface area (Å²) in [4.78, 5) is 15.6.